The van der Waals surface area contributed by atoms with Crippen LogP contribution in [-0.2, 0) is 7.05 Å². The lowest BCUT2D eigenvalue weighted by molar-refractivity contribution is -0.660. The molecule has 0 amide bonds. The van der Waals surface area contributed by atoms with Gasteiger partial charge in [-0.2, -0.15) is 5.26 Å². The molecular formula is C21H17N2O+. The van der Waals surface area contributed by atoms with Gasteiger partial charge in [0.1, 0.15) is 18.7 Å². The number of rotatable bonds is 1. The van der Waals surface area contributed by atoms with Crippen LogP contribution in [0.2, 0.25) is 0 Å². The van der Waals surface area contributed by atoms with Crippen LogP contribution in [0.25, 0.3) is 33.2 Å². The Morgan fingerprint density at radius 3 is 2.33 bits per heavy atom. The minimum Gasteiger partial charge on any atom is -0.454 e. The number of pyridine rings is 1. The zero-order chi connectivity index (χ0) is 16.8. The Balaban J connectivity index is 2.20. The number of benzene rings is 2. The highest BCUT2D eigenvalue weighted by Crippen LogP contribution is 2.38. The third-order valence-corrected chi connectivity index (χ3v) is 4.65. The van der Waals surface area contributed by atoms with Crippen molar-refractivity contribution in [2.45, 2.75) is 13.8 Å². The van der Waals surface area contributed by atoms with Gasteiger partial charge in [-0.25, -0.2) is 4.57 Å². The van der Waals surface area contributed by atoms with E-state index in [1.807, 2.05) is 44.4 Å². The van der Waals surface area contributed by atoms with Crippen molar-refractivity contribution in [3.63, 3.8) is 0 Å². The van der Waals surface area contributed by atoms with Crippen molar-refractivity contribution in [3.8, 4) is 17.3 Å². The van der Waals surface area contributed by atoms with Crippen LogP contribution in [0.4, 0.5) is 0 Å². The predicted molar refractivity (Wildman–Crippen MR) is 94.5 cm³/mol. The molecule has 0 aliphatic carbocycles. The molecule has 116 valence electrons. The molecule has 2 aromatic carbocycles. The molecule has 0 saturated carbocycles. The summed E-state index contributed by atoms with van der Waals surface area (Å²) in [4.78, 5) is 0. The number of furan rings is 1. The monoisotopic (exact) mass is 313 g/mol. The molecule has 0 unspecified atom stereocenters. The molecule has 0 aliphatic rings. The van der Waals surface area contributed by atoms with Gasteiger partial charge in [-0.15, -0.1) is 0 Å². The molecule has 0 N–H and O–H groups in total. The first-order valence-electron chi connectivity index (χ1n) is 7.92. The van der Waals surface area contributed by atoms with Crippen molar-refractivity contribution in [1.82, 2.24) is 0 Å². The molecule has 0 atom stereocenters. The van der Waals surface area contributed by atoms with Crippen LogP contribution in [0, 0.1) is 25.2 Å². The average Bonchev–Trinajstić information content (AvgIpc) is 2.94. The number of nitriles is 1. The SMILES string of the molecule is Cc1ccc2c(oc3c(-c4cccc[n+]4C)c(C)ccc32)c1C#N. The summed E-state index contributed by atoms with van der Waals surface area (Å²) in [6.07, 6.45) is 2.03. The van der Waals surface area contributed by atoms with Gasteiger partial charge in [-0.05, 0) is 31.0 Å². The fourth-order valence-corrected chi connectivity index (χ4v) is 3.34. The minimum atomic E-state index is 0.615. The molecule has 24 heavy (non-hydrogen) atoms. The molecule has 3 heteroatoms. The highest BCUT2D eigenvalue weighted by atomic mass is 16.3. The summed E-state index contributed by atoms with van der Waals surface area (Å²) in [6.45, 7) is 4.03. The summed E-state index contributed by atoms with van der Waals surface area (Å²) >= 11 is 0. The first kappa shape index (κ1) is 14.5. The van der Waals surface area contributed by atoms with Crippen LogP contribution in [-0.4, -0.2) is 0 Å². The second-order valence-electron chi connectivity index (χ2n) is 6.18. The van der Waals surface area contributed by atoms with E-state index in [0.717, 1.165) is 38.7 Å². The van der Waals surface area contributed by atoms with Crippen LogP contribution in [0.15, 0.2) is 53.1 Å². The maximum absolute atomic E-state index is 9.51. The quantitative estimate of drug-likeness (QED) is 0.483. The second kappa shape index (κ2) is 5.21. The number of fused-ring (bicyclic) bond motifs is 3. The number of hydrogen-bond acceptors (Lipinski definition) is 2. The number of aromatic nitrogens is 1. The largest absolute Gasteiger partial charge is 0.454 e. The van der Waals surface area contributed by atoms with Gasteiger partial charge in [-0.3, -0.25) is 0 Å². The van der Waals surface area contributed by atoms with Crippen LogP contribution in [0.3, 0.4) is 0 Å². The van der Waals surface area contributed by atoms with E-state index in [1.54, 1.807) is 0 Å². The third kappa shape index (κ3) is 1.93. The van der Waals surface area contributed by atoms with Crippen molar-refractivity contribution in [3.05, 3.63) is 65.4 Å². The average molecular weight is 313 g/mol. The molecule has 2 aromatic heterocycles. The molecular weight excluding hydrogens is 296 g/mol. The fourth-order valence-electron chi connectivity index (χ4n) is 3.34. The fraction of sp³-hybridized carbons (Fsp3) is 0.143. The molecule has 0 saturated heterocycles. The van der Waals surface area contributed by atoms with Crippen molar-refractivity contribution in [2.24, 2.45) is 7.05 Å². The smallest absolute Gasteiger partial charge is 0.216 e. The van der Waals surface area contributed by atoms with E-state index < -0.39 is 0 Å². The maximum Gasteiger partial charge on any atom is 0.216 e. The first-order chi connectivity index (χ1) is 11.6. The molecule has 3 nitrogen and oxygen atoms in total. The summed E-state index contributed by atoms with van der Waals surface area (Å²) in [5, 5.41) is 11.6. The molecule has 0 bridgehead atoms. The first-order valence-corrected chi connectivity index (χ1v) is 7.92. The maximum atomic E-state index is 9.51. The van der Waals surface area contributed by atoms with Gasteiger partial charge in [0.2, 0.25) is 5.69 Å². The van der Waals surface area contributed by atoms with Gasteiger partial charge in [0.05, 0.1) is 11.1 Å². The summed E-state index contributed by atoms with van der Waals surface area (Å²) in [6, 6.07) is 16.6. The standard InChI is InChI=1S/C21H17N2O/c1-13-7-9-15-16-10-8-14(2)19(18-6-4-5-11-23(18)3)21(16)24-20(15)17(13)12-22/h4-11H,1-3H3/q+1. The zero-order valence-electron chi connectivity index (χ0n) is 13.9. The van der Waals surface area contributed by atoms with E-state index >= 15 is 0 Å². The molecule has 4 rings (SSSR count). The van der Waals surface area contributed by atoms with Crippen molar-refractivity contribution < 1.29 is 8.98 Å². The Hall–Kier alpha value is -3.12. The van der Waals surface area contributed by atoms with E-state index in [0.29, 0.717) is 11.1 Å². The van der Waals surface area contributed by atoms with Gasteiger partial charge < -0.3 is 4.42 Å². The Labute approximate surface area is 140 Å². The van der Waals surface area contributed by atoms with Crippen molar-refractivity contribution in [1.29, 1.82) is 5.26 Å². The number of hydrogen-bond donors (Lipinski definition) is 0. The number of nitrogens with zero attached hydrogens (tertiary/aromatic N) is 2. The van der Waals surface area contributed by atoms with Crippen LogP contribution < -0.4 is 4.57 Å². The van der Waals surface area contributed by atoms with Crippen LogP contribution >= 0.6 is 0 Å². The van der Waals surface area contributed by atoms with Crippen LogP contribution in [0.5, 0.6) is 0 Å². The third-order valence-electron chi connectivity index (χ3n) is 4.65. The van der Waals surface area contributed by atoms with Gasteiger partial charge in [0, 0.05) is 22.9 Å². The molecule has 0 fully saturated rings. The highest BCUT2D eigenvalue weighted by Gasteiger charge is 2.21. The van der Waals surface area contributed by atoms with Crippen molar-refractivity contribution in [2.75, 3.05) is 0 Å². The normalized spacial score (nSPS) is 11.1. The van der Waals surface area contributed by atoms with Gasteiger partial charge in [0.25, 0.3) is 0 Å². The van der Waals surface area contributed by atoms with Gasteiger partial charge >= 0.3 is 0 Å². The van der Waals surface area contributed by atoms with Crippen LogP contribution in [0.1, 0.15) is 16.7 Å². The summed E-state index contributed by atoms with van der Waals surface area (Å²) < 4.78 is 8.33. The molecule has 2 heterocycles. The second-order valence-corrected chi connectivity index (χ2v) is 6.18. The number of aryl methyl sites for hydroxylation is 3. The summed E-state index contributed by atoms with van der Waals surface area (Å²) in [5.41, 5.74) is 6.39. The summed E-state index contributed by atoms with van der Waals surface area (Å²) in [7, 11) is 2.03. The van der Waals surface area contributed by atoms with E-state index in [1.165, 1.54) is 0 Å². The highest BCUT2D eigenvalue weighted by molar-refractivity contribution is 6.11. The topological polar surface area (TPSA) is 40.8 Å². The summed E-state index contributed by atoms with van der Waals surface area (Å²) in [5.74, 6) is 0. The Morgan fingerprint density at radius 1 is 0.917 bits per heavy atom. The lowest BCUT2D eigenvalue weighted by Gasteiger charge is -2.04. The Bertz CT molecular complexity index is 1150. The Morgan fingerprint density at radius 2 is 1.62 bits per heavy atom. The molecule has 0 spiro atoms. The van der Waals surface area contributed by atoms with Gasteiger partial charge in [0.15, 0.2) is 11.8 Å². The lowest BCUT2D eigenvalue weighted by Crippen LogP contribution is -2.30. The lowest BCUT2D eigenvalue weighted by atomic mass is 9.99. The Kier molecular flexibility index (Phi) is 3.14. The predicted octanol–water partition coefficient (Wildman–Crippen LogP) is 4.57. The van der Waals surface area contributed by atoms with Gasteiger partial charge in [-0.1, -0.05) is 24.3 Å². The van der Waals surface area contributed by atoms with Crippen molar-refractivity contribution >= 4 is 21.9 Å². The van der Waals surface area contributed by atoms with E-state index in [4.69, 9.17) is 4.42 Å². The molecule has 0 aliphatic heterocycles. The van der Waals surface area contributed by atoms with E-state index in [2.05, 4.69) is 35.8 Å². The minimum absolute atomic E-state index is 0.615. The zero-order valence-corrected chi connectivity index (χ0v) is 13.9. The van der Waals surface area contributed by atoms with E-state index in [9.17, 15) is 5.26 Å². The molecule has 4 aromatic rings. The molecule has 0 radical (unpaired) electrons. The van der Waals surface area contributed by atoms with E-state index in [-0.39, 0.29) is 0 Å².